The molecule has 11 nitrogen and oxygen atoms in total. The minimum absolute atomic E-state index is 0.178. The summed E-state index contributed by atoms with van der Waals surface area (Å²) in [6.45, 7) is 3.31. The molecule has 46 heavy (non-hydrogen) atoms. The number of unbranched alkanes of at least 4 members (excludes halogenated alkanes) is 10. The number of alkyl halides is 1. The summed E-state index contributed by atoms with van der Waals surface area (Å²) in [5.74, 6) is 0. The topological polar surface area (TPSA) is 165 Å². The average molecular weight is 746 g/mol. The number of nitrogens with zero attached hydrogens (tertiary/aromatic N) is 9. The van der Waals surface area contributed by atoms with Crippen molar-refractivity contribution in [2.24, 2.45) is 15.3 Å². The molecule has 0 radical (unpaired) electrons. The Morgan fingerprint density at radius 1 is 0.543 bits per heavy atom. The molecule has 2 aromatic rings. The fraction of sp³-hybridized carbons (Fsp3) is 0.647. The van der Waals surface area contributed by atoms with Crippen molar-refractivity contribution in [3.05, 3.63) is 103 Å². The van der Waals surface area contributed by atoms with Crippen molar-refractivity contribution in [2.45, 2.75) is 115 Å². The Balaban J connectivity index is 0.000000462. The second kappa shape index (κ2) is 32.0. The second-order valence-electron chi connectivity index (χ2n) is 11.2. The van der Waals surface area contributed by atoms with Gasteiger partial charge in [0, 0.05) is 51.0 Å². The van der Waals surface area contributed by atoms with Crippen LogP contribution in [-0.2, 0) is 22.7 Å². The molecule has 0 aliphatic rings. The Morgan fingerprint density at radius 3 is 1.39 bits per heavy atom. The molecule has 2 aromatic carbocycles. The standard InChI is InChI=1S/C17H26IN3O.C17H26N6O/c18-14-17(20-21-19)12-8-3-1-2-4-9-13-22-15-16-10-6-5-7-11-16;18-22-20-14-17(21-23-19)12-8-3-1-2-4-9-13-24-15-16-10-6-5-7-11-16/h5-7,10-11,17H,1-4,8-9,12-15H2;5-7,10-11,17H,1-4,8-9,12-15H2. The highest BCUT2D eigenvalue weighted by molar-refractivity contribution is 14.1. The lowest BCUT2D eigenvalue weighted by atomic mass is 10.1. The van der Waals surface area contributed by atoms with E-state index in [-0.39, 0.29) is 18.6 Å². The van der Waals surface area contributed by atoms with E-state index in [0.717, 1.165) is 69.2 Å². The molecule has 0 fully saturated rings. The molecule has 0 aliphatic carbocycles. The van der Waals surface area contributed by atoms with Crippen LogP contribution in [-0.4, -0.2) is 36.3 Å². The van der Waals surface area contributed by atoms with Crippen molar-refractivity contribution in [3.8, 4) is 0 Å². The van der Waals surface area contributed by atoms with Gasteiger partial charge in [0.15, 0.2) is 0 Å². The predicted octanol–water partition coefficient (Wildman–Crippen LogP) is 12.0. The minimum Gasteiger partial charge on any atom is -0.377 e. The van der Waals surface area contributed by atoms with Crippen LogP contribution in [0.4, 0.5) is 0 Å². The van der Waals surface area contributed by atoms with E-state index < -0.39 is 0 Å². The lowest BCUT2D eigenvalue weighted by Crippen LogP contribution is -2.07. The molecular formula is C34H52IN9O2. The number of ether oxygens (including phenoxy) is 2. The number of halogens is 1. The van der Waals surface area contributed by atoms with Crippen molar-refractivity contribution in [1.29, 1.82) is 0 Å². The molecule has 0 spiro atoms. The van der Waals surface area contributed by atoms with Gasteiger partial charge >= 0.3 is 0 Å². The van der Waals surface area contributed by atoms with E-state index in [1.807, 2.05) is 36.4 Å². The lowest BCUT2D eigenvalue weighted by Gasteiger charge is -2.07. The first-order chi connectivity index (χ1) is 22.7. The normalized spacial score (nSPS) is 11.6. The van der Waals surface area contributed by atoms with Gasteiger partial charge in [0.1, 0.15) is 0 Å². The zero-order valence-corrected chi connectivity index (χ0v) is 29.4. The minimum atomic E-state index is -0.211. The summed E-state index contributed by atoms with van der Waals surface area (Å²) in [7, 11) is 0. The van der Waals surface area contributed by atoms with Crippen LogP contribution in [0.15, 0.2) is 76.0 Å². The van der Waals surface area contributed by atoms with Gasteiger partial charge in [-0.1, -0.05) is 163 Å². The Morgan fingerprint density at radius 2 is 0.957 bits per heavy atom. The monoisotopic (exact) mass is 745 g/mol. The maximum atomic E-state index is 8.46. The first-order valence-corrected chi connectivity index (χ1v) is 18.1. The Labute approximate surface area is 288 Å². The lowest BCUT2D eigenvalue weighted by molar-refractivity contribution is 0.116. The highest BCUT2D eigenvalue weighted by Gasteiger charge is 2.05. The van der Waals surface area contributed by atoms with Crippen LogP contribution in [0.5, 0.6) is 0 Å². The molecule has 2 atom stereocenters. The van der Waals surface area contributed by atoms with Crippen LogP contribution in [0.25, 0.3) is 31.3 Å². The number of rotatable bonds is 27. The van der Waals surface area contributed by atoms with E-state index in [1.165, 1.54) is 56.1 Å². The zero-order chi connectivity index (χ0) is 33.2. The molecule has 0 saturated carbocycles. The second-order valence-corrected chi connectivity index (χ2v) is 12.1. The number of azide groups is 3. The largest absolute Gasteiger partial charge is 0.377 e. The fourth-order valence-electron chi connectivity index (χ4n) is 4.74. The first kappa shape index (κ1) is 41.0. The van der Waals surface area contributed by atoms with Gasteiger partial charge in [-0.05, 0) is 53.4 Å². The van der Waals surface area contributed by atoms with Gasteiger partial charge in [0.25, 0.3) is 0 Å². The quantitative estimate of drug-likeness (QED) is 0.0222. The van der Waals surface area contributed by atoms with Crippen molar-refractivity contribution in [1.82, 2.24) is 0 Å². The summed E-state index contributed by atoms with van der Waals surface area (Å²) in [5, 5.41) is 10.9. The van der Waals surface area contributed by atoms with Crippen LogP contribution in [0.3, 0.4) is 0 Å². The van der Waals surface area contributed by atoms with E-state index in [0.29, 0.717) is 6.61 Å². The van der Waals surface area contributed by atoms with E-state index >= 15 is 0 Å². The van der Waals surface area contributed by atoms with Crippen LogP contribution in [0, 0.1) is 0 Å². The van der Waals surface area contributed by atoms with Crippen molar-refractivity contribution >= 4 is 22.6 Å². The molecule has 0 saturated heterocycles. The molecule has 0 bridgehead atoms. The van der Waals surface area contributed by atoms with Gasteiger partial charge in [-0.25, -0.2) is 0 Å². The Kier molecular flexibility index (Phi) is 28.5. The maximum absolute atomic E-state index is 8.46. The van der Waals surface area contributed by atoms with E-state index in [2.05, 4.69) is 76.9 Å². The Bertz CT molecular complexity index is 1120. The highest BCUT2D eigenvalue weighted by Crippen LogP contribution is 2.13. The van der Waals surface area contributed by atoms with Crippen molar-refractivity contribution in [3.63, 3.8) is 0 Å². The van der Waals surface area contributed by atoms with Gasteiger partial charge < -0.3 is 9.47 Å². The number of benzene rings is 2. The molecule has 2 unspecified atom stereocenters. The predicted molar refractivity (Wildman–Crippen MR) is 196 cm³/mol. The summed E-state index contributed by atoms with van der Waals surface area (Å²) in [6.07, 6.45) is 15.8. The Hall–Kier alpha value is -2.98. The third kappa shape index (κ3) is 25.2. The molecule has 2 rings (SSSR count). The van der Waals surface area contributed by atoms with E-state index in [4.69, 9.17) is 26.1 Å². The van der Waals surface area contributed by atoms with Gasteiger partial charge in [0.2, 0.25) is 0 Å². The summed E-state index contributed by atoms with van der Waals surface area (Å²) in [5.41, 5.74) is 27.6. The molecule has 0 amide bonds. The fourth-order valence-corrected chi connectivity index (χ4v) is 5.36. The van der Waals surface area contributed by atoms with E-state index in [1.54, 1.807) is 0 Å². The summed E-state index contributed by atoms with van der Waals surface area (Å²) in [6, 6.07) is 20.5. The molecule has 0 N–H and O–H groups in total. The van der Waals surface area contributed by atoms with Gasteiger partial charge in [-0.15, -0.1) is 0 Å². The van der Waals surface area contributed by atoms with Crippen LogP contribution in [0.2, 0.25) is 0 Å². The van der Waals surface area contributed by atoms with Gasteiger partial charge in [-0.2, -0.15) is 0 Å². The van der Waals surface area contributed by atoms with Gasteiger partial charge in [-0.3, -0.25) is 0 Å². The smallest absolute Gasteiger partial charge is 0.0716 e. The molecule has 0 aliphatic heterocycles. The third-order valence-corrected chi connectivity index (χ3v) is 8.36. The highest BCUT2D eigenvalue weighted by atomic mass is 127. The van der Waals surface area contributed by atoms with Crippen molar-refractivity contribution in [2.75, 3.05) is 24.2 Å². The number of hydrogen-bond donors (Lipinski definition) is 0. The van der Waals surface area contributed by atoms with Crippen molar-refractivity contribution < 1.29 is 9.47 Å². The third-order valence-electron chi connectivity index (χ3n) is 7.34. The maximum Gasteiger partial charge on any atom is 0.0716 e. The molecule has 0 aromatic heterocycles. The summed E-state index contributed by atoms with van der Waals surface area (Å²) < 4.78 is 12.2. The summed E-state index contributed by atoms with van der Waals surface area (Å²) in [4.78, 5) is 8.39. The van der Waals surface area contributed by atoms with Crippen LogP contribution < -0.4 is 0 Å². The van der Waals surface area contributed by atoms with Crippen LogP contribution >= 0.6 is 22.6 Å². The van der Waals surface area contributed by atoms with E-state index in [9.17, 15) is 0 Å². The van der Waals surface area contributed by atoms with Gasteiger partial charge in [0.05, 0.1) is 13.2 Å². The SMILES string of the molecule is [N-]=[N+]=NC(CI)CCCCCCCCOCc1ccccc1.[N-]=[N+]=NCC(CCCCCCCCOCc1ccccc1)N=[N+]=[N-]. The first-order valence-electron chi connectivity index (χ1n) is 16.6. The molecule has 0 heterocycles. The number of hydrogen-bond acceptors (Lipinski definition) is 5. The van der Waals surface area contributed by atoms with Crippen LogP contribution in [0.1, 0.15) is 101 Å². The molecular weight excluding hydrogens is 693 g/mol. The average Bonchev–Trinajstić information content (AvgIpc) is 3.09. The zero-order valence-electron chi connectivity index (χ0n) is 27.3. The molecule has 12 heteroatoms. The molecule has 252 valence electrons. The summed E-state index contributed by atoms with van der Waals surface area (Å²) >= 11 is 2.29.